The highest BCUT2D eigenvalue weighted by atomic mass is 14.3. The van der Waals surface area contributed by atoms with Crippen molar-refractivity contribution in [1.82, 2.24) is 0 Å². The first-order valence-electron chi connectivity index (χ1n) is 11.8. The van der Waals surface area contributed by atoms with Crippen molar-refractivity contribution in [2.45, 2.75) is 111 Å². The number of hydrogen-bond acceptors (Lipinski definition) is 0. The smallest absolute Gasteiger partial charge is 0.00551 e. The minimum absolute atomic E-state index is 1.18. The van der Waals surface area contributed by atoms with Crippen molar-refractivity contribution >= 4 is 5.57 Å². The average molecular weight is 367 g/mol. The van der Waals surface area contributed by atoms with Crippen molar-refractivity contribution in [2.75, 3.05) is 0 Å². The molecule has 0 heterocycles. The van der Waals surface area contributed by atoms with Gasteiger partial charge in [0.25, 0.3) is 0 Å². The van der Waals surface area contributed by atoms with Gasteiger partial charge in [0.05, 0.1) is 0 Å². The Kier molecular flexibility index (Phi) is 9.95. The molecule has 1 aliphatic rings. The molecule has 0 N–H and O–H groups in total. The van der Waals surface area contributed by atoms with Gasteiger partial charge in [-0.3, -0.25) is 0 Å². The van der Waals surface area contributed by atoms with Crippen LogP contribution in [-0.4, -0.2) is 0 Å². The van der Waals surface area contributed by atoms with Crippen molar-refractivity contribution in [2.24, 2.45) is 0 Å². The zero-order valence-corrected chi connectivity index (χ0v) is 18.5. The van der Waals surface area contributed by atoms with Crippen molar-refractivity contribution < 1.29 is 0 Å². The maximum atomic E-state index is 2.41. The quantitative estimate of drug-likeness (QED) is 0.346. The molecule has 0 nitrogen and oxygen atoms in total. The van der Waals surface area contributed by atoms with Crippen LogP contribution < -0.4 is 0 Å². The Labute approximate surface area is 169 Å². The highest BCUT2D eigenvalue weighted by Gasteiger charge is 2.22. The zero-order valence-electron chi connectivity index (χ0n) is 18.5. The van der Waals surface area contributed by atoms with Gasteiger partial charge in [-0.25, -0.2) is 0 Å². The SMILES string of the molecule is CCCCC1=C(CCCC)C(CCCC)=C(CCCC)c2ccccc2C1. The molecule has 1 aromatic carbocycles. The van der Waals surface area contributed by atoms with E-state index in [1.807, 2.05) is 0 Å². The molecule has 0 saturated carbocycles. The van der Waals surface area contributed by atoms with Crippen LogP contribution in [0.5, 0.6) is 0 Å². The summed E-state index contributed by atoms with van der Waals surface area (Å²) in [4.78, 5) is 0. The number of rotatable bonds is 12. The fourth-order valence-corrected chi connectivity index (χ4v) is 4.47. The highest BCUT2D eigenvalue weighted by Crippen LogP contribution is 2.41. The van der Waals surface area contributed by atoms with E-state index in [1.54, 1.807) is 33.4 Å². The molecule has 0 atom stereocenters. The van der Waals surface area contributed by atoms with E-state index in [0.717, 1.165) is 0 Å². The lowest BCUT2D eigenvalue weighted by molar-refractivity contribution is 0.718. The lowest BCUT2D eigenvalue weighted by Gasteiger charge is -2.20. The number of allylic oxidation sites excluding steroid dienone is 4. The van der Waals surface area contributed by atoms with Gasteiger partial charge in [0.1, 0.15) is 0 Å². The van der Waals surface area contributed by atoms with Gasteiger partial charge in [-0.05, 0) is 85.6 Å². The lowest BCUT2D eigenvalue weighted by Crippen LogP contribution is -2.00. The van der Waals surface area contributed by atoms with Gasteiger partial charge < -0.3 is 0 Å². The van der Waals surface area contributed by atoms with Crippen LogP contribution in [0.2, 0.25) is 0 Å². The van der Waals surface area contributed by atoms with Gasteiger partial charge in [0.15, 0.2) is 0 Å². The topological polar surface area (TPSA) is 0 Å². The van der Waals surface area contributed by atoms with Crippen LogP contribution in [0.1, 0.15) is 116 Å². The highest BCUT2D eigenvalue weighted by molar-refractivity contribution is 5.76. The summed E-state index contributed by atoms with van der Waals surface area (Å²) < 4.78 is 0. The second-order valence-corrected chi connectivity index (χ2v) is 8.29. The number of benzene rings is 1. The van der Waals surface area contributed by atoms with Crippen LogP contribution in [-0.2, 0) is 6.42 Å². The summed E-state index contributed by atoms with van der Waals surface area (Å²) >= 11 is 0. The van der Waals surface area contributed by atoms with Gasteiger partial charge >= 0.3 is 0 Å². The molecule has 0 fully saturated rings. The zero-order chi connectivity index (χ0) is 19.5. The van der Waals surface area contributed by atoms with Crippen molar-refractivity contribution in [3.8, 4) is 0 Å². The van der Waals surface area contributed by atoms with E-state index >= 15 is 0 Å². The molecule has 0 spiro atoms. The maximum absolute atomic E-state index is 2.41. The summed E-state index contributed by atoms with van der Waals surface area (Å²) in [6.07, 6.45) is 16.7. The minimum atomic E-state index is 1.18. The molecule has 150 valence electrons. The molecule has 0 heteroatoms. The predicted octanol–water partition coefficient (Wildman–Crippen LogP) is 9.05. The van der Waals surface area contributed by atoms with E-state index in [0.29, 0.717) is 0 Å². The second kappa shape index (κ2) is 12.2. The van der Waals surface area contributed by atoms with Gasteiger partial charge in [0, 0.05) is 0 Å². The Morgan fingerprint density at radius 2 is 1.11 bits per heavy atom. The van der Waals surface area contributed by atoms with E-state index < -0.39 is 0 Å². The molecule has 27 heavy (non-hydrogen) atoms. The van der Waals surface area contributed by atoms with E-state index in [1.165, 1.54) is 83.5 Å². The van der Waals surface area contributed by atoms with Crippen LogP contribution in [0, 0.1) is 0 Å². The first kappa shape index (κ1) is 22.0. The van der Waals surface area contributed by atoms with Crippen molar-refractivity contribution in [3.05, 3.63) is 52.1 Å². The minimum Gasteiger partial charge on any atom is -0.0654 e. The van der Waals surface area contributed by atoms with E-state index in [9.17, 15) is 0 Å². The van der Waals surface area contributed by atoms with Gasteiger partial charge in [0.2, 0.25) is 0 Å². The number of hydrogen-bond donors (Lipinski definition) is 0. The molecule has 1 aromatic rings. The Hall–Kier alpha value is -1.30. The molecule has 0 bridgehead atoms. The van der Waals surface area contributed by atoms with Crippen LogP contribution >= 0.6 is 0 Å². The lowest BCUT2D eigenvalue weighted by atomic mass is 9.85. The molecular formula is C27H42. The normalized spacial score (nSPS) is 14.5. The standard InChI is InChI=1S/C27H42/c1-5-9-15-22-21-23-16-13-14-20-25(23)27(19-12-8-4)26(18-11-7-3)24(22)17-10-6-2/h13-14,16,20H,5-12,15,17-19,21H2,1-4H3. The molecule has 0 unspecified atom stereocenters. The fraction of sp³-hybridized carbons (Fsp3) is 0.630. The predicted molar refractivity (Wildman–Crippen MR) is 122 cm³/mol. The summed E-state index contributed by atoms with van der Waals surface area (Å²) in [5.41, 5.74) is 10.1. The van der Waals surface area contributed by atoms with Crippen LogP contribution in [0.25, 0.3) is 5.57 Å². The Morgan fingerprint density at radius 1 is 0.593 bits per heavy atom. The summed E-state index contributed by atoms with van der Waals surface area (Å²) in [7, 11) is 0. The average Bonchev–Trinajstić information content (AvgIpc) is 2.81. The third kappa shape index (κ3) is 6.09. The summed E-state index contributed by atoms with van der Waals surface area (Å²) in [5, 5.41) is 0. The Balaban J connectivity index is 2.61. The molecule has 2 rings (SSSR count). The van der Waals surface area contributed by atoms with E-state index in [2.05, 4.69) is 52.0 Å². The number of fused-ring (bicyclic) bond motifs is 1. The Bertz CT molecular complexity index is 629. The van der Waals surface area contributed by atoms with Gasteiger partial charge in [-0.1, -0.05) is 83.2 Å². The van der Waals surface area contributed by atoms with Gasteiger partial charge in [-0.15, -0.1) is 0 Å². The summed E-state index contributed by atoms with van der Waals surface area (Å²) in [5.74, 6) is 0. The van der Waals surface area contributed by atoms with E-state index in [4.69, 9.17) is 0 Å². The van der Waals surface area contributed by atoms with Crippen LogP contribution in [0.3, 0.4) is 0 Å². The fourth-order valence-electron chi connectivity index (χ4n) is 4.47. The molecular weight excluding hydrogens is 324 g/mol. The molecule has 0 saturated heterocycles. The summed E-state index contributed by atoms with van der Waals surface area (Å²) in [6.45, 7) is 9.34. The monoisotopic (exact) mass is 366 g/mol. The largest absolute Gasteiger partial charge is 0.0654 e. The molecule has 0 amide bonds. The summed E-state index contributed by atoms with van der Waals surface area (Å²) in [6, 6.07) is 9.31. The third-order valence-corrected chi connectivity index (χ3v) is 6.07. The second-order valence-electron chi connectivity index (χ2n) is 8.29. The van der Waals surface area contributed by atoms with Crippen molar-refractivity contribution in [1.29, 1.82) is 0 Å². The molecule has 1 aliphatic carbocycles. The first-order chi connectivity index (χ1) is 13.3. The third-order valence-electron chi connectivity index (χ3n) is 6.07. The van der Waals surface area contributed by atoms with E-state index in [-0.39, 0.29) is 0 Å². The van der Waals surface area contributed by atoms with Gasteiger partial charge in [-0.2, -0.15) is 0 Å². The molecule has 0 radical (unpaired) electrons. The molecule has 0 aromatic heterocycles. The Morgan fingerprint density at radius 3 is 1.74 bits per heavy atom. The molecule has 0 aliphatic heterocycles. The van der Waals surface area contributed by atoms with Crippen molar-refractivity contribution in [3.63, 3.8) is 0 Å². The number of unbranched alkanes of at least 4 members (excludes halogenated alkanes) is 4. The van der Waals surface area contributed by atoms with Crippen LogP contribution in [0.4, 0.5) is 0 Å². The first-order valence-corrected chi connectivity index (χ1v) is 11.8. The van der Waals surface area contributed by atoms with Crippen LogP contribution in [0.15, 0.2) is 41.0 Å². The maximum Gasteiger partial charge on any atom is -0.00551 e.